The Hall–Kier alpha value is -0.410. The molecule has 0 aromatic heterocycles. The minimum atomic E-state index is -0.141. The Morgan fingerprint density at radius 2 is 2.08 bits per heavy atom. The molecule has 0 aliphatic carbocycles. The molecule has 1 atom stereocenters. The van der Waals surface area contributed by atoms with Crippen LogP contribution in [-0.2, 0) is 4.79 Å². The van der Waals surface area contributed by atoms with E-state index >= 15 is 0 Å². The van der Waals surface area contributed by atoms with E-state index in [1.54, 1.807) is 0 Å². The first-order valence-corrected chi connectivity index (χ1v) is 4.58. The summed E-state index contributed by atoms with van der Waals surface area (Å²) in [6.45, 7) is 7.34. The standard InChI is InChI=1S/C9H20N2O/c1-4-9(12)8(5-10)11-6-7(2)3/h7-8,11H,4-6,10H2,1-3H3/t8-/m0/s1. The highest BCUT2D eigenvalue weighted by molar-refractivity contribution is 5.83. The maximum absolute atomic E-state index is 11.2. The molecule has 0 spiro atoms. The molecule has 0 rings (SSSR count). The molecule has 0 amide bonds. The van der Waals surface area contributed by atoms with Crippen LogP contribution in [0.1, 0.15) is 27.2 Å². The van der Waals surface area contributed by atoms with Gasteiger partial charge in [0.2, 0.25) is 0 Å². The predicted molar refractivity (Wildman–Crippen MR) is 51.0 cm³/mol. The molecule has 12 heavy (non-hydrogen) atoms. The third-order valence-corrected chi connectivity index (χ3v) is 1.75. The van der Waals surface area contributed by atoms with E-state index < -0.39 is 0 Å². The Morgan fingerprint density at radius 1 is 1.50 bits per heavy atom. The number of carbonyl (C=O) groups excluding carboxylic acids is 1. The summed E-state index contributed by atoms with van der Waals surface area (Å²) in [6, 6.07) is -0.141. The van der Waals surface area contributed by atoms with Crippen LogP contribution in [0.3, 0.4) is 0 Å². The van der Waals surface area contributed by atoms with Gasteiger partial charge in [0, 0.05) is 13.0 Å². The van der Waals surface area contributed by atoms with Crippen LogP contribution in [0.25, 0.3) is 0 Å². The average Bonchev–Trinajstić information content (AvgIpc) is 2.04. The number of nitrogens with one attached hydrogen (secondary N) is 1. The number of hydrogen-bond donors (Lipinski definition) is 2. The lowest BCUT2D eigenvalue weighted by Crippen LogP contribution is -2.43. The van der Waals surface area contributed by atoms with Gasteiger partial charge in [-0.25, -0.2) is 0 Å². The molecule has 3 N–H and O–H groups in total. The lowest BCUT2D eigenvalue weighted by atomic mass is 10.1. The Balaban J connectivity index is 3.75. The van der Waals surface area contributed by atoms with Crippen LogP contribution in [0, 0.1) is 5.92 Å². The van der Waals surface area contributed by atoms with Gasteiger partial charge < -0.3 is 11.1 Å². The van der Waals surface area contributed by atoms with Gasteiger partial charge in [-0.15, -0.1) is 0 Å². The summed E-state index contributed by atoms with van der Waals surface area (Å²) in [7, 11) is 0. The first kappa shape index (κ1) is 11.6. The van der Waals surface area contributed by atoms with Gasteiger partial charge in [0.05, 0.1) is 6.04 Å². The van der Waals surface area contributed by atoms with Gasteiger partial charge in [0.1, 0.15) is 0 Å². The highest BCUT2D eigenvalue weighted by Crippen LogP contribution is 1.93. The third-order valence-electron chi connectivity index (χ3n) is 1.75. The van der Waals surface area contributed by atoms with Crippen LogP contribution in [0.4, 0.5) is 0 Å². The van der Waals surface area contributed by atoms with Crippen molar-refractivity contribution in [3.8, 4) is 0 Å². The molecule has 0 fully saturated rings. The van der Waals surface area contributed by atoms with E-state index in [-0.39, 0.29) is 11.8 Å². The largest absolute Gasteiger partial charge is 0.328 e. The summed E-state index contributed by atoms with van der Waals surface area (Å²) >= 11 is 0. The maximum atomic E-state index is 11.2. The van der Waals surface area contributed by atoms with Crippen LogP contribution < -0.4 is 11.1 Å². The monoisotopic (exact) mass is 172 g/mol. The highest BCUT2D eigenvalue weighted by Gasteiger charge is 2.13. The summed E-state index contributed by atoms with van der Waals surface area (Å²) in [4.78, 5) is 11.2. The van der Waals surface area contributed by atoms with Gasteiger partial charge in [-0.1, -0.05) is 20.8 Å². The Labute approximate surface area is 74.7 Å². The van der Waals surface area contributed by atoms with Gasteiger partial charge >= 0.3 is 0 Å². The quantitative estimate of drug-likeness (QED) is 0.615. The molecule has 0 heterocycles. The smallest absolute Gasteiger partial charge is 0.150 e. The Bertz CT molecular complexity index is 134. The topological polar surface area (TPSA) is 55.1 Å². The van der Waals surface area contributed by atoms with Crippen molar-refractivity contribution in [2.45, 2.75) is 33.2 Å². The fraction of sp³-hybridized carbons (Fsp3) is 0.889. The minimum Gasteiger partial charge on any atom is -0.328 e. The molecular weight excluding hydrogens is 152 g/mol. The molecule has 0 aliphatic rings. The number of rotatable bonds is 6. The molecule has 0 unspecified atom stereocenters. The van der Waals surface area contributed by atoms with Gasteiger partial charge in [-0.05, 0) is 12.5 Å². The van der Waals surface area contributed by atoms with E-state index in [9.17, 15) is 4.79 Å². The van der Waals surface area contributed by atoms with E-state index in [0.717, 1.165) is 6.54 Å². The van der Waals surface area contributed by atoms with Crippen LogP contribution in [0.2, 0.25) is 0 Å². The SMILES string of the molecule is CCC(=O)[C@H](CN)NCC(C)C. The van der Waals surface area contributed by atoms with Crippen molar-refractivity contribution in [1.29, 1.82) is 0 Å². The zero-order valence-corrected chi connectivity index (χ0v) is 8.26. The summed E-state index contributed by atoms with van der Waals surface area (Å²) in [5.41, 5.74) is 5.45. The molecule has 0 saturated carbocycles. The zero-order chi connectivity index (χ0) is 9.56. The lowest BCUT2D eigenvalue weighted by molar-refractivity contribution is -0.120. The van der Waals surface area contributed by atoms with Crippen LogP contribution >= 0.6 is 0 Å². The fourth-order valence-corrected chi connectivity index (χ4v) is 0.953. The van der Waals surface area contributed by atoms with Crippen LogP contribution in [0.15, 0.2) is 0 Å². The van der Waals surface area contributed by atoms with E-state index in [0.29, 0.717) is 18.9 Å². The van der Waals surface area contributed by atoms with Gasteiger partial charge in [0.25, 0.3) is 0 Å². The molecule has 0 bridgehead atoms. The van der Waals surface area contributed by atoms with Crippen molar-refractivity contribution >= 4 is 5.78 Å². The number of hydrogen-bond acceptors (Lipinski definition) is 3. The first-order valence-electron chi connectivity index (χ1n) is 4.58. The van der Waals surface area contributed by atoms with Crippen molar-refractivity contribution in [1.82, 2.24) is 5.32 Å². The van der Waals surface area contributed by atoms with Gasteiger partial charge in [-0.2, -0.15) is 0 Å². The van der Waals surface area contributed by atoms with Gasteiger partial charge in [-0.3, -0.25) is 4.79 Å². The van der Waals surface area contributed by atoms with Crippen molar-refractivity contribution in [2.24, 2.45) is 11.7 Å². The molecule has 0 aliphatic heterocycles. The second kappa shape index (κ2) is 6.14. The highest BCUT2D eigenvalue weighted by atomic mass is 16.1. The minimum absolute atomic E-state index is 0.141. The summed E-state index contributed by atoms with van der Waals surface area (Å²) < 4.78 is 0. The summed E-state index contributed by atoms with van der Waals surface area (Å²) in [5, 5.41) is 3.14. The van der Waals surface area contributed by atoms with E-state index in [1.165, 1.54) is 0 Å². The first-order chi connectivity index (χ1) is 5.61. The molecule has 0 aromatic rings. The Morgan fingerprint density at radius 3 is 2.42 bits per heavy atom. The van der Waals surface area contributed by atoms with Crippen molar-refractivity contribution in [3.63, 3.8) is 0 Å². The molecule has 3 nitrogen and oxygen atoms in total. The number of carbonyl (C=O) groups is 1. The number of nitrogens with two attached hydrogens (primary N) is 1. The second-order valence-corrected chi connectivity index (χ2v) is 3.41. The summed E-state index contributed by atoms with van der Waals surface area (Å²) in [6.07, 6.45) is 0.562. The summed E-state index contributed by atoms with van der Waals surface area (Å²) in [5.74, 6) is 0.766. The predicted octanol–water partition coefficient (Wildman–Crippen LogP) is 0.538. The molecule has 0 radical (unpaired) electrons. The van der Waals surface area contributed by atoms with Crippen molar-refractivity contribution in [3.05, 3.63) is 0 Å². The average molecular weight is 172 g/mol. The van der Waals surface area contributed by atoms with Gasteiger partial charge in [0.15, 0.2) is 5.78 Å². The number of Topliss-reactive ketones (excluding diaryl/α,β-unsaturated/α-hetero) is 1. The second-order valence-electron chi connectivity index (χ2n) is 3.41. The maximum Gasteiger partial charge on any atom is 0.150 e. The van der Waals surface area contributed by atoms with Crippen molar-refractivity contribution in [2.75, 3.05) is 13.1 Å². The van der Waals surface area contributed by atoms with E-state index in [4.69, 9.17) is 5.73 Å². The Kier molecular flexibility index (Phi) is 5.93. The molecule has 72 valence electrons. The fourth-order valence-electron chi connectivity index (χ4n) is 0.953. The van der Waals surface area contributed by atoms with Crippen molar-refractivity contribution < 1.29 is 4.79 Å². The number of ketones is 1. The van der Waals surface area contributed by atoms with E-state index in [2.05, 4.69) is 19.2 Å². The van der Waals surface area contributed by atoms with Crippen LogP contribution in [0.5, 0.6) is 0 Å². The third kappa shape index (κ3) is 4.46. The normalized spacial score (nSPS) is 13.4. The lowest BCUT2D eigenvalue weighted by Gasteiger charge is -2.16. The zero-order valence-electron chi connectivity index (χ0n) is 8.26. The molecule has 0 saturated heterocycles. The van der Waals surface area contributed by atoms with Crippen LogP contribution in [-0.4, -0.2) is 24.9 Å². The molecule has 0 aromatic carbocycles. The molecular formula is C9H20N2O. The van der Waals surface area contributed by atoms with E-state index in [1.807, 2.05) is 6.92 Å². The molecule has 3 heteroatoms.